The molecule has 1 aliphatic carbocycles. The minimum atomic E-state index is -0.676. The predicted molar refractivity (Wildman–Crippen MR) is 224 cm³/mol. The molecule has 0 unspecified atom stereocenters. The van der Waals surface area contributed by atoms with Crippen molar-refractivity contribution in [2.24, 2.45) is 0 Å². The molecular formula is C51H42O4. The quantitative estimate of drug-likeness (QED) is 0.148. The fourth-order valence-corrected chi connectivity index (χ4v) is 8.54. The summed E-state index contributed by atoms with van der Waals surface area (Å²) in [5, 5.41) is 23.1. The van der Waals surface area contributed by atoms with Crippen LogP contribution in [0, 0.1) is 13.8 Å². The van der Waals surface area contributed by atoms with Crippen molar-refractivity contribution in [3.8, 4) is 44.9 Å². The molecule has 0 atom stereocenters. The first kappa shape index (κ1) is 34.6. The van der Waals surface area contributed by atoms with Crippen LogP contribution in [0.5, 0.6) is 11.5 Å². The third kappa shape index (κ3) is 6.14. The number of aryl methyl sites for hydroxylation is 2. The van der Waals surface area contributed by atoms with Crippen LogP contribution in [0.2, 0.25) is 0 Å². The molecule has 1 aliphatic rings. The summed E-state index contributed by atoms with van der Waals surface area (Å²) in [6.45, 7) is 4.74. The van der Waals surface area contributed by atoms with Crippen LogP contribution < -0.4 is 9.47 Å². The monoisotopic (exact) mass is 718 g/mol. The van der Waals surface area contributed by atoms with Crippen LogP contribution in [0.25, 0.3) is 54.9 Å². The molecule has 0 bridgehead atoms. The van der Waals surface area contributed by atoms with E-state index in [1.165, 1.54) is 66.8 Å². The average Bonchev–Trinajstić information content (AvgIpc) is 3.51. The van der Waals surface area contributed by atoms with Gasteiger partial charge in [0.2, 0.25) is 0 Å². The summed E-state index contributed by atoms with van der Waals surface area (Å²) < 4.78 is 11.6. The SMILES string of the molecule is Cc1cccc(-c2ccc3c(c2)C(c2ccc4cc(OCCO)ccc4c2)(c2ccc4cc(OCCO)ccc4c2)c2cc(-c4cccc(C)c4)ccc2-3)c1. The fraction of sp³-hybridized carbons (Fsp3) is 0.137. The lowest BCUT2D eigenvalue weighted by atomic mass is 9.66. The van der Waals surface area contributed by atoms with Gasteiger partial charge >= 0.3 is 0 Å². The summed E-state index contributed by atoms with van der Waals surface area (Å²) in [5.74, 6) is 1.48. The van der Waals surface area contributed by atoms with E-state index in [9.17, 15) is 10.2 Å². The molecule has 0 fully saturated rings. The molecule has 4 heteroatoms. The molecule has 55 heavy (non-hydrogen) atoms. The van der Waals surface area contributed by atoms with E-state index in [2.05, 4.69) is 159 Å². The predicted octanol–water partition coefficient (Wildman–Crippen LogP) is 11.0. The van der Waals surface area contributed by atoms with Crippen LogP contribution in [-0.2, 0) is 5.41 Å². The maximum Gasteiger partial charge on any atom is 0.120 e. The number of aliphatic hydroxyl groups excluding tert-OH is 2. The van der Waals surface area contributed by atoms with Crippen molar-refractivity contribution in [2.45, 2.75) is 19.3 Å². The lowest BCUT2D eigenvalue weighted by Gasteiger charge is -2.35. The Morgan fingerprint density at radius 2 is 0.836 bits per heavy atom. The van der Waals surface area contributed by atoms with Gasteiger partial charge in [-0.1, -0.05) is 120 Å². The van der Waals surface area contributed by atoms with Crippen molar-refractivity contribution in [3.63, 3.8) is 0 Å². The van der Waals surface area contributed by atoms with Gasteiger partial charge in [-0.2, -0.15) is 0 Å². The largest absolute Gasteiger partial charge is 0.491 e. The Kier molecular flexibility index (Phi) is 8.94. The summed E-state index contributed by atoms with van der Waals surface area (Å²) >= 11 is 0. The van der Waals surface area contributed by atoms with Crippen molar-refractivity contribution < 1.29 is 19.7 Å². The number of hydrogen-bond acceptors (Lipinski definition) is 4. The summed E-state index contributed by atoms with van der Waals surface area (Å²) in [6.07, 6.45) is 0. The van der Waals surface area contributed by atoms with E-state index in [-0.39, 0.29) is 26.4 Å². The van der Waals surface area contributed by atoms with Crippen LogP contribution in [-0.4, -0.2) is 36.6 Å². The highest BCUT2D eigenvalue weighted by Gasteiger charge is 2.46. The smallest absolute Gasteiger partial charge is 0.120 e. The van der Waals surface area contributed by atoms with Crippen LogP contribution in [0.4, 0.5) is 0 Å². The first-order valence-electron chi connectivity index (χ1n) is 18.9. The summed E-state index contributed by atoms with van der Waals surface area (Å²) in [4.78, 5) is 0. The highest BCUT2D eigenvalue weighted by atomic mass is 16.5. The zero-order chi connectivity index (χ0) is 37.5. The molecule has 0 radical (unpaired) electrons. The van der Waals surface area contributed by atoms with Crippen LogP contribution in [0.3, 0.4) is 0 Å². The van der Waals surface area contributed by atoms with Gasteiger partial charge in [-0.3, -0.25) is 0 Å². The van der Waals surface area contributed by atoms with E-state index in [4.69, 9.17) is 9.47 Å². The topological polar surface area (TPSA) is 58.9 Å². The van der Waals surface area contributed by atoms with Crippen LogP contribution in [0.1, 0.15) is 33.4 Å². The molecule has 0 saturated carbocycles. The summed E-state index contributed by atoms with van der Waals surface area (Å²) in [5.41, 5.74) is 13.8. The van der Waals surface area contributed by atoms with Gasteiger partial charge < -0.3 is 19.7 Å². The van der Waals surface area contributed by atoms with E-state index in [0.717, 1.165) is 33.0 Å². The van der Waals surface area contributed by atoms with Crippen molar-refractivity contribution >= 4 is 21.5 Å². The van der Waals surface area contributed by atoms with E-state index in [1.807, 2.05) is 12.1 Å². The molecule has 0 aliphatic heterocycles. The number of benzene rings is 8. The standard InChI is InChI=1S/C51H42O4/c1-33-5-3-7-35(25-33)41-13-19-47-48-20-14-42(36-8-4-6-34(2)26-36)32-50(48)51(49(47)31-41,43-15-9-39-29-45(54-23-21-52)17-11-37(39)27-43)44-16-10-40-30-46(55-24-22-53)18-12-38(40)28-44/h3-20,25-32,52-53H,21-24H2,1-2H3. The average molecular weight is 719 g/mol. The van der Waals surface area contributed by atoms with Gasteiger partial charge in [0, 0.05) is 0 Å². The lowest BCUT2D eigenvalue weighted by molar-refractivity contribution is 0.201. The van der Waals surface area contributed by atoms with Gasteiger partial charge in [-0.25, -0.2) is 0 Å². The fourth-order valence-electron chi connectivity index (χ4n) is 8.54. The molecule has 8 aromatic rings. The maximum absolute atomic E-state index is 9.38. The van der Waals surface area contributed by atoms with E-state index >= 15 is 0 Å². The number of fused-ring (bicyclic) bond motifs is 5. The van der Waals surface area contributed by atoms with Crippen molar-refractivity contribution in [1.82, 2.24) is 0 Å². The van der Waals surface area contributed by atoms with Gasteiger partial charge in [-0.05, 0) is 140 Å². The maximum atomic E-state index is 9.38. The van der Waals surface area contributed by atoms with Gasteiger partial charge in [0.15, 0.2) is 0 Å². The molecule has 0 saturated heterocycles. The van der Waals surface area contributed by atoms with Crippen LogP contribution in [0.15, 0.2) is 158 Å². The Morgan fingerprint density at radius 1 is 0.418 bits per heavy atom. The first-order valence-corrected chi connectivity index (χ1v) is 18.9. The zero-order valence-electron chi connectivity index (χ0n) is 31.1. The van der Waals surface area contributed by atoms with Crippen LogP contribution >= 0.6 is 0 Å². The Balaban J connectivity index is 1.35. The first-order chi connectivity index (χ1) is 26.9. The van der Waals surface area contributed by atoms with Gasteiger partial charge in [0.25, 0.3) is 0 Å². The Bertz CT molecular complexity index is 2540. The van der Waals surface area contributed by atoms with Crippen molar-refractivity contribution in [3.05, 3.63) is 191 Å². The van der Waals surface area contributed by atoms with Crippen molar-refractivity contribution in [2.75, 3.05) is 26.4 Å². The number of hydrogen-bond donors (Lipinski definition) is 2. The van der Waals surface area contributed by atoms with E-state index in [0.29, 0.717) is 0 Å². The van der Waals surface area contributed by atoms with Gasteiger partial charge in [0.05, 0.1) is 18.6 Å². The molecular weight excluding hydrogens is 677 g/mol. The number of rotatable bonds is 10. The normalized spacial score (nSPS) is 12.8. The Labute approximate surface area is 321 Å². The van der Waals surface area contributed by atoms with Gasteiger partial charge in [0.1, 0.15) is 24.7 Å². The molecule has 9 rings (SSSR count). The Morgan fingerprint density at radius 3 is 1.27 bits per heavy atom. The second-order valence-electron chi connectivity index (χ2n) is 14.6. The summed E-state index contributed by atoms with van der Waals surface area (Å²) in [6, 6.07) is 57.5. The minimum absolute atomic E-state index is 0.0316. The molecule has 0 spiro atoms. The number of aliphatic hydroxyl groups is 2. The summed E-state index contributed by atoms with van der Waals surface area (Å²) in [7, 11) is 0. The minimum Gasteiger partial charge on any atom is -0.491 e. The molecule has 0 heterocycles. The molecule has 8 aromatic carbocycles. The highest BCUT2D eigenvalue weighted by Crippen LogP contribution is 2.58. The van der Waals surface area contributed by atoms with E-state index in [1.54, 1.807) is 0 Å². The van der Waals surface area contributed by atoms with E-state index < -0.39 is 5.41 Å². The second-order valence-corrected chi connectivity index (χ2v) is 14.6. The zero-order valence-corrected chi connectivity index (χ0v) is 31.1. The Hall–Kier alpha value is -6.20. The van der Waals surface area contributed by atoms with Crippen molar-refractivity contribution in [1.29, 1.82) is 0 Å². The third-order valence-electron chi connectivity index (χ3n) is 11.0. The molecule has 0 amide bonds. The van der Waals surface area contributed by atoms with Gasteiger partial charge in [-0.15, -0.1) is 0 Å². The molecule has 0 aromatic heterocycles. The molecule has 270 valence electrons. The molecule has 4 nitrogen and oxygen atoms in total. The third-order valence-corrected chi connectivity index (χ3v) is 11.0. The molecule has 2 N–H and O–H groups in total. The highest BCUT2D eigenvalue weighted by molar-refractivity contribution is 5.94. The lowest BCUT2D eigenvalue weighted by Crippen LogP contribution is -2.28. The second kappa shape index (κ2) is 14.2. The number of ether oxygens (including phenoxy) is 2.